The minimum absolute atomic E-state index is 0.0905. The van der Waals surface area contributed by atoms with Gasteiger partial charge in [-0.1, -0.05) is 12.1 Å². The summed E-state index contributed by atoms with van der Waals surface area (Å²) >= 11 is 0. The summed E-state index contributed by atoms with van der Waals surface area (Å²) in [7, 11) is 0. The molecule has 0 spiro atoms. The van der Waals surface area contributed by atoms with Gasteiger partial charge in [0.2, 0.25) is 0 Å². The predicted octanol–water partition coefficient (Wildman–Crippen LogP) is 0.792. The van der Waals surface area contributed by atoms with Crippen molar-refractivity contribution in [2.24, 2.45) is 17.8 Å². The SMILES string of the molecule is CCOC(=O)C1C(CN2C(=O)c3ccccc3C2=O)C1C(=O)O. The first-order valence-corrected chi connectivity index (χ1v) is 7.32. The highest BCUT2D eigenvalue weighted by molar-refractivity contribution is 6.21. The van der Waals surface area contributed by atoms with Gasteiger partial charge in [-0.3, -0.25) is 24.1 Å². The van der Waals surface area contributed by atoms with Crippen molar-refractivity contribution >= 4 is 23.8 Å². The Kier molecular flexibility index (Phi) is 3.63. The Bertz CT molecular complexity index is 677. The van der Waals surface area contributed by atoms with E-state index in [1.807, 2.05) is 0 Å². The molecule has 2 amide bonds. The summed E-state index contributed by atoms with van der Waals surface area (Å²) in [6, 6.07) is 6.43. The molecule has 1 fully saturated rings. The fourth-order valence-corrected chi connectivity index (χ4v) is 3.11. The summed E-state index contributed by atoms with van der Waals surface area (Å²) < 4.78 is 4.87. The number of imide groups is 1. The maximum atomic E-state index is 12.3. The number of benzene rings is 1. The number of rotatable bonds is 5. The van der Waals surface area contributed by atoms with Crippen LogP contribution >= 0.6 is 0 Å². The monoisotopic (exact) mass is 317 g/mol. The van der Waals surface area contributed by atoms with Crippen molar-refractivity contribution in [1.29, 1.82) is 0 Å². The van der Waals surface area contributed by atoms with E-state index in [0.29, 0.717) is 11.1 Å². The molecule has 7 nitrogen and oxygen atoms in total. The molecule has 1 aliphatic carbocycles. The zero-order chi connectivity index (χ0) is 16.7. The number of carbonyl (C=O) groups is 4. The Morgan fingerprint density at radius 3 is 2.17 bits per heavy atom. The Hall–Kier alpha value is -2.70. The van der Waals surface area contributed by atoms with Gasteiger partial charge in [0.15, 0.2) is 0 Å². The van der Waals surface area contributed by atoms with Crippen molar-refractivity contribution in [3.8, 4) is 0 Å². The average Bonchev–Trinajstić information content (AvgIpc) is 3.20. The highest BCUT2D eigenvalue weighted by atomic mass is 16.5. The van der Waals surface area contributed by atoms with Crippen molar-refractivity contribution in [3.63, 3.8) is 0 Å². The molecule has 120 valence electrons. The zero-order valence-corrected chi connectivity index (χ0v) is 12.4. The fourth-order valence-electron chi connectivity index (χ4n) is 3.11. The summed E-state index contributed by atoms with van der Waals surface area (Å²) in [5.41, 5.74) is 0.607. The van der Waals surface area contributed by atoms with Crippen LogP contribution in [-0.4, -0.2) is 46.9 Å². The molecule has 3 unspecified atom stereocenters. The molecule has 3 rings (SSSR count). The summed E-state index contributed by atoms with van der Waals surface area (Å²) in [4.78, 5) is 48.7. The van der Waals surface area contributed by atoms with Crippen molar-refractivity contribution in [3.05, 3.63) is 35.4 Å². The van der Waals surface area contributed by atoms with Crippen molar-refractivity contribution < 1.29 is 29.0 Å². The van der Waals surface area contributed by atoms with Gasteiger partial charge in [0.1, 0.15) is 0 Å². The first-order valence-electron chi connectivity index (χ1n) is 7.32. The molecule has 1 aliphatic heterocycles. The van der Waals surface area contributed by atoms with Gasteiger partial charge in [0.05, 0.1) is 29.6 Å². The Morgan fingerprint density at radius 1 is 1.13 bits per heavy atom. The minimum atomic E-state index is -1.12. The van der Waals surface area contributed by atoms with Gasteiger partial charge in [-0.2, -0.15) is 0 Å². The number of ether oxygens (including phenoxy) is 1. The average molecular weight is 317 g/mol. The van der Waals surface area contributed by atoms with Crippen molar-refractivity contribution in [2.45, 2.75) is 6.92 Å². The fraction of sp³-hybridized carbons (Fsp3) is 0.375. The second-order valence-corrected chi connectivity index (χ2v) is 5.57. The number of esters is 1. The topological polar surface area (TPSA) is 101 Å². The number of amides is 2. The maximum absolute atomic E-state index is 12.3. The van der Waals surface area contributed by atoms with E-state index in [2.05, 4.69) is 0 Å². The normalized spacial score (nSPS) is 25.3. The lowest BCUT2D eigenvalue weighted by Crippen LogP contribution is -2.32. The first-order chi connectivity index (χ1) is 11.0. The van der Waals surface area contributed by atoms with Gasteiger partial charge in [-0.05, 0) is 19.1 Å². The Labute approximate surface area is 131 Å². The molecule has 0 bridgehead atoms. The molecule has 1 heterocycles. The van der Waals surface area contributed by atoms with Gasteiger partial charge in [0.25, 0.3) is 11.8 Å². The molecule has 1 aromatic rings. The van der Waals surface area contributed by atoms with Crippen molar-refractivity contribution in [2.75, 3.05) is 13.2 Å². The Morgan fingerprint density at radius 2 is 1.70 bits per heavy atom. The second kappa shape index (κ2) is 5.49. The standard InChI is InChI=1S/C16H15NO6/c1-2-23-16(22)12-10(11(12)15(20)21)7-17-13(18)8-5-3-4-6-9(8)14(17)19/h3-6,10-12H,2,7H2,1H3,(H,20,21). The minimum Gasteiger partial charge on any atom is -0.481 e. The molecule has 23 heavy (non-hydrogen) atoms. The molecule has 0 radical (unpaired) electrons. The number of nitrogens with zero attached hydrogens (tertiary/aromatic N) is 1. The zero-order valence-electron chi connectivity index (χ0n) is 12.4. The quantitative estimate of drug-likeness (QED) is 0.636. The highest BCUT2D eigenvalue weighted by Crippen LogP contribution is 2.48. The molecule has 0 saturated heterocycles. The van der Waals surface area contributed by atoms with E-state index in [1.54, 1.807) is 31.2 Å². The van der Waals surface area contributed by atoms with Gasteiger partial charge in [0, 0.05) is 12.5 Å². The summed E-state index contributed by atoms with van der Waals surface area (Å²) in [6.07, 6.45) is 0. The molecular formula is C16H15NO6. The van der Waals surface area contributed by atoms with Crippen LogP contribution in [0.1, 0.15) is 27.6 Å². The number of carboxylic acid groups (broad SMARTS) is 1. The largest absolute Gasteiger partial charge is 0.481 e. The third kappa shape index (κ3) is 2.38. The van der Waals surface area contributed by atoms with E-state index in [9.17, 15) is 24.3 Å². The number of fused-ring (bicyclic) bond motifs is 1. The number of hydrogen-bond acceptors (Lipinski definition) is 5. The maximum Gasteiger partial charge on any atom is 0.310 e. The molecule has 7 heteroatoms. The number of hydrogen-bond donors (Lipinski definition) is 1. The van der Waals surface area contributed by atoms with E-state index in [-0.39, 0.29) is 13.2 Å². The molecule has 2 aliphatic rings. The summed E-state index contributed by atoms with van der Waals surface area (Å²) in [5, 5.41) is 9.19. The highest BCUT2D eigenvalue weighted by Gasteiger charge is 2.61. The molecule has 1 aromatic carbocycles. The lowest BCUT2D eigenvalue weighted by atomic mass is 10.1. The number of carbonyl (C=O) groups excluding carboxylic acids is 3. The molecule has 1 saturated carbocycles. The predicted molar refractivity (Wildman–Crippen MR) is 76.5 cm³/mol. The molecular weight excluding hydrogens is 302 g/mol. The van der Waals surface area contributed by atoms with E-state index in [1.165, 1.54) is 0 Å². The molecule has 0 aromatic heterocycles. The van der Waals surface area contributed by atoms with Crippen LogP contribution in [0.3, 0.4) is 0 Å². The lowest BCUT2D eigenvalue weighted by Gasteiger charge is -2.13. The number of aliphatic carboxylic acids is 1. The molecule has 3 atom stereocenters. The van der Waals surface area contributed by atoms with Crippen LogP contribution in [0.2, 0.25) is 0 Å². The van der Waals surface area contributed by atoms with E-state index < -0.39 is 41.5 Å². The van der Waals surface area contributed by atoms with Gasteiger partial charge in [-0.25, -0.2) is 0 Å². The lowest BCUT2D eigenvalue weighted by molar-refractivity contribution is -0.148. The van der Waals surface area contributed by atoms with E-state index in [0.717, 1.165) is 4.90 Å². The smallest absolute Gasteiger partial charge is 0.310 e. The summed E-state index contributed by atoms with van der Waals surface area (Å²) in [6.45, 7) is 1.70. The van der Waals surface area contributed by atoms with Gasteiger partial charge >= 0.3 is 11.9 Å². The van der Waals surface area contributed by atoms with Gasteiger partial charge < -0.3 is 9.84 Å². The van der Waals surface area contributed by atoms with Gasteiger partial charge in [-0.15, -0.1) is 0 Å². The van der Waals surface area contributed by atoms with Crippen LogP contribution in [-0.2, 0) is 14.3 Å². The van der Waals surface area contributed by atoms with Crippen LogP contribution in [0.15, 0.2) is 24.3 Å². The van der Waals surface area contributed by atoms with Crippen LogP contribution in [0, 0.1) is 17.8 Å². The summed E-state index contributed by atoms with van der Waals surface area (Å²) in [5.74, 6) is -4.96. The number of carboxylic acids is 1. The van der Waals surface area contributed by atoms with Crippen LogP contribution in [0.4, 0.5) is 0 Å². The second-order valence-electron chi connectivity index (χ2n) is 5.57. The first kappa shape index (κ1) is 15.2. The van der Waals surface area contributed by atoms with Crippen molar-refractivity contribution in [1.82, 2.24) is 4.90 Å². The molecule has 1 N–H and O–H groups in total. The third-order valence-corrected chi connectivity index (χ3v) is 4.28. The van der Waals surface area contributed by atoms with Crippen LogP contribution in [0.5, 0.6) is 0 Å². The van der Waals surface area contributed by atoms with Crippen LogP contribution < -0.4 is 0 Å². The third-order valence-electron chi connectivity index (χ3n) is 4.28. The van der Waals surface area contributed by atoms with E-state index >= 15 is 0 Å². The van der Waals surface area contributed by atoms with Crippen LogP contribution in [0.25, 0.3) is 0 Å². The Balaban J connectivity index is 1.78. The van der Waals surface area contributed by atoms with E-state index in [4.69, 9.17) is 4.74 Å².